The van der Waals surface area contributed by atoms with Crippen LogP contribution in [-0.2, 0) is 20.0 Å². The number of nitrogens with one attached hydrogen (secondary N) is 1. The summed E-state index contributed by atoms with van der Waals surface area (Å²) in [5.41, 5.74) is 3.30. The topological polar surface area (TPSA) is 17.0 Å². The number of aromatic nitrogens is 1. The molecule has 3 heteroatoms. The Morgan fingerprint density at radius 2 is 2.25 bits per heavy atom. The van der Waals surface area contributed by atoms with E-state index in [1.54, 1.807) is 6.07 Å². The number of aryl methyl sites for hydroxylation is 2. The second-order valence-electron chi connectivity index (χ2n) is 4.40. The molecule has 0 spiro atoms. The summed E-state index contributed by atoms with van der Waals surface area (Å²) in [7, 11) is 1.96. The van der Waals surface area contributed by atoms with Crippen molar-refractivity contribution >= 4 is 10.9 Å². The minimum absolute atomic E-state index is 0.118. The van der Waals surface area contributed by atoms with Crippen molar-refractivity contribution in [2.24, 2.45) is 7.05 Å². The van der Waals surface area contributed by atoms with Crippen LogP contribution in [0.4, 0.5) is 4.39 Å². The number of fused-ring (bicyclic) bond motifs is 3. The molecular weight excluding hydrogens is 203 g/mol. The first-order chi connectivity index (χ1) is 7.79. The van der Waals surface area contributed by atoms with Crippen LogP contribution in [0.1, 0.15) is 17.7 Å². The molecule has 0 saturated heterocycles. The molecule has 2 heterocycles. The first-order valence-corrected chi connectivity index (χ1v) is 5.74. The summed E-state index contributed by atoms with van der Waals surface area (Å²) in [5, 5.41) is 4.47. The first kappa shape index (κ1) is 9.85. The van der Waals surface area contributed by atoms with Crippen molar-refractivity contribution in [3.05, 3.63) is 35.3 Å². The van der Waals surface area contributed by atoms with E-state index in [0.29, 0.717) is 0 Å². The highest BCUT2D eigenvalue weighted by atomic mass is 19.1. The normalized spacial score (nSPS) is 16.1. The molecule has 0 aliphatic carbocycles. The third-order valence-corrected chi connectivity index (χ3v) is 3.47. The van der Waals surface area contributed by atoms with Crippen LogP contribution < -0.4 is 5.32 Å². The van der Waals surface area contributed by atoms with E-state index in [1.807, 2.05) is 17.7 Å². The van der Waals surface area contributed by atoms with E-state index in [0.717, 1.165) is 36.8 Å². The Hall–Kier alpha value is -1.35. The molecule has 0 fully saturated rings. The van der Waals surface area contributed by atoms with Gasteiger partial charge < -0.3 is 9.88 Å². The molecule has 0 saturated carbocycles. The molecule has 3 rings (SSSR count). The Balaban J connectivity index is 2.36. The summed E-state index contributed by atoms with van der Waals surface area (Å²) >= 11 is 0. The van der Waals surface area contributed by atoms with E-state index in [1.165, 1.54) is 17.3 Å². The van der Waals surface area contributed by atoms with Crippen LogP contribution in [-0.4, -0.2) is 11.1 Å². The number of benzene rings is 1. The summed E-state index contributed by atoms with van der Waals surface area (Å²) in [6.45, 7) is 1.89. The molecular formula is C13H15FN2. The fourth-order valence-electron chi connectivity index (χ4n) is 2.69. The highest BCUT2D eigenvalue weighted by Crippen LogP contribution is 2.29. The van der Waals surface area contributed by atoms with Crippen LogP contribution in [0.15, 0.2) is 18.2 Å². The van der Waals surface area contributed by atoms with Gasteiger partial charge in [0.2, 0.25) is 0 Å². The standard InChI is InChI=1S/C13H15FN2/c1-16-12-8-15-7-3-5-9(12)10-4-2-6-11(14)13(10)16/h2,4,6,15H,3,5,7-8H2,1H3. The van der Waals surface area contributed by atoms with Gasteiger partial charge in [-0.25, -0.2) is 4.39 Å². The summed E-state index contributed by atoms with van der Waals surface area (Å²) in [5.74, 6) is -0.118. The molecule has 0 radical (unpaired) electrons. The molecule has 84 valence electrons. The lowest BCUT2D eigenvalue weighted by Crippen LogP contribution is -2.14. The van der Waals surface area contributed by atoms with Gasteiger partial charge in [-0.2, -0.15) is 0 Å². The number of halogens is 1. The van der Waals surface area contributed by atoms with Crippen molar-refractivity contribution in [1.29, 1.82) is 0 Å². The number of rotatable bonds is 0. The van der Waals surface area contributed by atoms with Crippen LogP contribution in [0.5, 0.6) is 0 Å². The molecule has 1 aliphatic rings. The number of para-hydroxylation sites is 1. The van der Waals surface area contributed by atoms with E-state index in [-0.39, 0.29) is 5.82 Å². The van der Waals surface area contributed by atoms with Gasteiger partial charge in [-0.05, 0) is 31.0 Å². The van der Waals surface area contributed by atoms with Crippen molar-refractivity contribution in [2.75, 3.05) is 6.54 Å². The molecule has 1 aromatic heterocycles. The van der Waals surface area contributed by atoms with E-state index < -0.39 is 0 Å². The van der Waals surface area contributed by atoms with Gasteiger partial charge >= 0.3 is 0 Å². The minimum atomic E-state index is -0.118. The van der Waals surface area contributed by atoms with Crippen molar-refractivity contribution in [2.45, 2.75) is 19.4 Å². The van der Waals surface area contributed by atoms with Crippen molar-refractivity contribution in [1.82, 2.24) is 9.88 Å². The van der Waals surface area contributed by atoms with Crippen molar-refractivity contribution in [3.8, 4) is 0 Å². The zero-order valence-corrected chi connectivity index (χ0v) is 9.39. The zero-order valence-electron chi connectivity index (χ0n) is 9.39. The molecule has 1 N–H and O–H groups in total. The third-order valence-electron chi connectivity index (χ3n) is 3.47. The number of hydrogen-bond donors (Lipinski definition) is 1. The van der Waals surface area contributed by atoms with Gasteiger partial charge in [-0.15, -0.1) is 0 Å². The fourth-order valence-corrected chi connectivity index (χ4v) is 2.69. The fraction of sp³-hybridized carbons (Fsp3) is 0.385. The highest BCUT2D eigenvalue weighted by molar-refractivity contribution is 5.86. The van der Waals surface area contributed by atoms with Gasteiger partial charge in [-0.1, -0.05) is 12.1 Å². The molecule has 1 aromatic carbocycles. The first-order valence-electron chi connectivity index (χ1n) is 5.74. The Labute approximate surface area is 94.1 Å². The molecule has 0 bridgehead atoms. The predicted octanol–water partition coefficient (Wildman–Crippen LogP) is 2.35. The van der Waals surface area contributed by atoms with Crippen LogP contribution in [0.25, 0.3) is 10.9 Å². The Kier molecular flexibility index (Phi) is 2.21. The SMILES string of the molecule is Cn1c2c(c3cccc(F)c31)CCCNC2. The van der Waals surface area contributed by atoms with E-state index in [2.05, 4.69) is 5.32 Å². The van der Waals surface area contributed by atoms with Crippen LogP contribution >= 0.6 is 0 Å². The number of nitrogens with zero attached hydrogens (tertiary/aromatic N) is 1. The summed E-state index contributed by atoms with van der Waals surface area (Å²) < 4.78 is 15.8. The summed E-state index contributed by atoms with van der Waals surface area (Å²) in [6.07, 6.45) is 2.17. The molecule has 1 aliphatic heterocycles. The van der Waals surface area contributed by atoms with Gasteiger partial charge in [0.15, 0.2) is 0 Å². The van der Waals surface area contributed by atoms with Gasteiger partial charge in [0, 0.05) is 24.7 Å². The van der Waals surface area contributed by atoms with Gasteiger partial charge in [0.05, 0.1) is 5.52 Å². The quantitative estimate of drug-likeness (QED) is 0.718. The maximum atomic E-state index is 13.8. The maximum Gasteiger partial charge on any atom is 0.147 e. The molecule has 16 heavy (non-hydrogen) atoms. The van der Waals surface area contributed by atoms with Gasteiger partial charge in [0.25, 0.3) is 0 Å². The van der Waals surface area contributed by atoms with Crippen molar-refractivity contribution in [3.63, 3.8) is 0 Å². The lowest BCUT2D eigenvalue weighted by molar-refractivity contribution is 0.624. The Bertz CT molecular complexity index is 542. The largest absolute Gasteiger partial charge is 0.344 e. The molecule has 2 nitrogen and oxygen atoms in total. The second-order valence-corrected chi connectivity index (χ2v) is 4.40. The van der Waals surface area contributed by atoms with Crippen LogP contribution in [0.3, 0.4) is 0 Å². The monoisotopic (exact) mass is 218 g/mol. The van der Waals surface area contributed by atoms with Crippen LogP contribution in [0.2, 0.25) is 0 Å². The minimum Gasteiger partial charge on any atom is -0.344 e. The molecule has 0 amide bonds. The van der Waals surface area contributed by atoms with Gasteiger partial charge in [-0.3, -0.25) is 0 Å². The predicted molar refractivity (Wildman–Crippen MR) is 62.9 cm³/mol. The molecule has 2 aromatic rings. The highest BCUT2D eigenvalue weighted by Gasteiger charge is 2.18. The Morgan fingerprint density at radius 3 is 3.12 bits per heavy atom. The smallest absolute Gasteiger partial charge is 0.147 e. The maximum absolute atomic E-state index is 13.8. The zero-order chi connectivity index (χ0) is 11.1. The summed E-state index contributed by atoms with van der Waals surface area (Å²) in [4.78, 5) is 0. The molecule has 0 atom stereocenters. The van der Waals surface area contributed by atoms with Crippen molar-refractivity contribution < 1.29 is 4.39 Å². The summed E-state index contributed by atoms with van der Waals surface area (Å²) in [6, 6.07) is 5.37. The average molecular weight is 218 g/mol. The second kappa shape index (κ2) is 3.59. The number of hydrogen-bond acceptors (Lipinski definition) is 1. The van der Waals surface area contributed by atoms with Gasteiger partial charge in [0.1, 0.15) is 5.82 Å². The lowest BCUT2D eigenvalue weighted by Gasteiger charge is -2.04. The Morgan fingerprint density at radius 1 is 1.38 bits per heavy atom. The lowest BCUT2D eigenvalue weighted by atomic mass is 10.1. The van der Waals surface area contributed by atoms with E-state index >= 15 is 0 Å². The third kappa shape index (κ3) is 1.28. The van der Waals surface area contributed by atoms with E-state index in [4.69, 9.17) is 0 Å². The van der Waals surface area contributed by atoms with Crippen LogP contribution in [0, 0.1) is 5.82 Å². The molecule has 0 unspecified atom stereocenters. The van der Waals surface area contributed by atoms with E-state index in [9.17, 15) is 4.39 Å². The average Bonchev–Trinajstić information content (AvgIpc) is 2.47.